The lowest BCUT2D eigenvalue weighted by atomic mass is 10.1. The van der Waals surface area contributed by atoms with Crippen LogP contribution in [0.1, 0.15) is 296 Å². The molecule has 0 saturated heterocycles. The van der Waals surface area contributed by atoms with Crippen molar-refractivity contribution in [3.63, 3.8) is 0 Å². The van der Waals surface area contributed by atoms with Gasteiger partial charge in [0.05, 0.1) is 26.4 Å². The van der Waals surface area contributed by atoms with E-state index in [4.69, 9.17) is 18.9 Å². The lowest BCUT2D eigenvalue weighted by molar-refractivity contribution is -0.158. The van der Waals surface area contributed by atoms with Crippen LogP contribution in [0.3, 0.4) is 0 Å². The van der Waals surface area contributed by atoms with E-state index in [-0.39, 0.29) is 65.7 Å². The standard InChI is InChI=1S/C68H124N2O12/c1-5-9-13-17-21-25-29-33-37-41-49-79-65(75)61(71)55-69(56-62(72)66(76)80-50-42-38-34-30-26-22-18-14-10-6-2)53-59-45-47-60(48-46-59)54-70(57-63(73)67(77)81-51-43-39-35-31-27-23-19-15-11-7-3)58-64(74)68(78)82-52-44-40-36-32-28-24-20-16-12-8-4/h45-48,61-64,71-74H,5-44,49-58H2,1-4H3. The van der Waals surface area contributed by atoms with E-state index in [0.29, 0.717) is 25.7 Å². The first kappa shape index (κ1) is 76.9. The van der Waals surface area contributed by atoms with Crippen LogP contribution in [0.4, 0.5) is 0 Å². The molecule has 0 amide bonds. The van der Waals surface area contributed by atoms with Crippen molar-refractivity contribution in [1.82, 2.24) is 9.80 Å². The normalized spacial score (nSPS) is 13.1. The summed E-state index contributed by atoms with van der Waals surface area (Å²) in [5.41, 5.74) is 1.50. The predicted molar refractivity (Wildman–Crippen MR) is 332 cm³/mol. The monoisotopic (exact) mass is 1160 g/mol. The maximum absolute atomic E-state index is 13.1. The Morgan fingerprint density at radius 3 is 0.622 bits per heavy atom. The summed E-state index contributed by atoms with van der Waals surface area (Å²) < 4.78 is 21.9. The molecule has 0 aliphatic carbocycles. The summed E-state index contributed by atoms with van der Waals surface area (Å²) in [7, 11) is 0. The van der Waals surface area contributed by atoms with Crippen molar-refractivity contribution >= 4 is 23.9 Å². The smallest absolute Gasteiger partial charge is 0.336 e. The summed E-state index contributed by atoms with van der Waals surface area (Å²) in [6.07, 6.45) is 39.6. The zero-order valence-electron chi connectivity index (χ0n) is 52.9. The molecule has 478 valence electrons. The highest BCUT2D eigenvalue weighted by atomic mass is 16.6. The largest absolute Gasteiger partial charge is 0.464 e. The maximum Gasteiger partial charge on any atom is 0.336 e. The molecule has 1 aromatic carbocycles. The summed E-state index contributed by atoms with van der Waals surface area (Å²) in [4.78, 5) is 55.5. The summed E-state index contributed by atoms with van der Waals surface area (Å²) in [6.45, 7) is 9.21. The van der Waals surface area contributed by atoms with Crippen LogP contribution in [0, 0.1) is 0 Å². The van der Waals surface area contributed by atoms with Crippen LogP contribution in [0.25, 0.3) is 0 Å². The number of hydrogen-bond donors (Lipinski definition) is 4. The second-order valence-corrected chi connectivity index (χ2v) is 23.7. The topological polar surface area (TPSA) is 193 Å². The SMILES string of the molecule is CCCCCCCCCCCCOC(=O)C(O)CN(Cc1ccc(CN(CC(O)C(=O)OCCCCCCCCCCCC)CC(O)C(=O)OCCCCCCCCCCCC)cc1)CC(O)C(=O)OCCCCCCCCCCCC. The quantitative estimate of drug-likeness (QED) is 0.0273. The summed E-state index contributed by atoms with van der Waals surface area (Å²) in [5, 5.41) is 44.4. The van der Waals surface area contributed by atoms with Crippen molar-refractivity contribution in [2.75, 3.05) is 52.6 Å². The average molecular weight is 1160 g/mol. The first-order chi connectivity index (χ1) is 39.9. The van der Waals surface area contributed by atoms with Gasteiger partial charge in [-0.1, -0.05) is 283 Å². The third-order valence-corrected chi connectivity index (χ3v) is 15.6. The fourth-order valence-corrected chi connectivity index (χ4v) is 10.4. The number of unbranched alkanes of at least 4 members (excludes halogenated alkanes) is 36. The summed E-state index contributed by atoms with van der Waals surface area (Å²) >= 11 is 0. The maximum atomic E-state index is 13.1. The van der Waals surface area contributed by atoms with Gasteiger partial charge >= 0.3 is 23.9 Å². The van der Waals surface area contributed by atoms with E-state index in [1.807, 2.05) is 24.3 Å². The Morgan fingerprint density at radius 2 is 0.451 bits per heavy atom. The van der Waals surface area contributed by atoms with Gasteiger partial charge in [-0.2, -0.15) is 0 Å². The number of carbonyl (C=O) groups excluding carboxylic acids is 4. The molecule has 0 aliphatic heterocycles. The number of nitrogens with zero attached hydrogens (tertiary/aromatic N) is 2. The average Bonchev–Trinajstić information content (AvgIpc) is 3.50. The summed E-state index contributed by atoms with van der Waals surface area (Å²) in [6, 6.07) is 7.34. The second-order valence-electron chi connectivity index (χ2n) is 23.7. The van der Waals surface area contributed by atoms with E-state index in [1.54, 1.807) is 9.80 Å². The third kappa shape index (κ3) is 45.3. The molecule has 82 heavy (non-hydrogen) atoms. The third-order valence-electron chi connectivity index (χ3n) is 15.6. The molecule has 14 nitrogen and oxygen atoms in total. The van der Waals surface area contributed by atoms with Crippen LogP contribution in [0.2, 0.25) is 0 Å². The Labute approximate surface area is 500 Å². The van der Waals surface area contributed by atoms with E-state index in [2.05, 4.69) is 27.7 Å². The zero-order valence-corrected chi connectivity index (χ0v) is 52.9. The highest BCUT2D eigenvalue weighted by Gasteiger charge is 2.28. The first-order valence-corrected chi connectivity index (χ1v) is 33.9. The molecule has 4 unspecified atom stereocenters. The van der Waals surface area contributed by atoms with E-state index in [0.717, 1.165) is 88.2 Å². The van der Waals surface area contributed by atoms with Gasteiger partial charge in [-0.25, -0.2) is 19.2 Å². The number of hydrogen-bond acceptors (Lipinski definition) is 14. The number of esters is 4. The number of aliphatic hydroxyl groups excluding tert-OH is 4. The molecular formula is C68H124N2O12. The minimum atomic E-state index is -1.52. The summed E-state index contributed by atoms with van der Waals surface area (Å²) in [5.74, 6) is -3.04. The van der Waals surface area contributed by atoms with Gasteiger partial charge in [0, 0.05) is 39.3 Å². The van der Waals surface area contributed by atoms with Gasteiger partial charge in [0.15, 0.2) is 24.4 Å². The molecule has 0 fully saturated rings. The molecule has 0 aromatic heterocycles. The molecule has 14 heteroatoms. The predicted octanol–water partition coefficient (Wildman–Crippen LogP) is 14.6. The minimum absolute atomic E-state index is 0.156. The van der Waals surface area contributed by atoms with Gasteiger partial charge in [0.25, 0.3) is 0 Å². The highest BCUT2D eigenvalue weighted by molar-refractivity contribution is 5.76. The van der Waals surface area contributed by atoms with Crippen LogP contribution < -0.4 is 0 Å². The molecule has 0 saturated carbocycles. The van der Waals surface area contributed by atoms with Crippen molar-refractivity contribution in [1.29, 1.82) is 0 Å². The van der Waals surface area contributed by atoms with Crippen molar-refractivity contribution in [2.45, 2.75) is 322 Å². The molecule has 1 rings (SSSR count). The van der Waals surface area contributed by atoms with Gasteiger partial charge in [-0.05, 0) is 36.8 Å². The van der Waals surface area contributed by atoms with Crippen molar-refractivity contribution in [2.24, 2.45) is 0 Å². The molecule has 1 aromatic rings. The Hall–Kier alpha value is -3.14. The molecular weight excluding hydrogens is 1040 g/mol. The minimum Gasteiger partial charge on any atom is -0.464 e. The van der Waals surface area contributed by atoms with Crippen LogP contribution >= 0.6 is 0 Å². The van der Waals surface area contributed by atoms with Crippen LogP contribution in [-0.2, 0) is 51.2 Å². The van der Waals surface area contributed by atoms with E-state index in [1.165, 1.54) is 154 Å². The number of rotatable bonds is 60. The van der Waals surface area contributed by atoms with Gasteiger partial charge < -0.3 is 39.4 Å². The zero-order chi connectivity index (χ0) is 59.9. The molecule has 0 bridgehead atoms. The Kier molecular flexibility index (Phi) is 52.2. The first-order valence-electron chi connectivity index (χ1n) is 33.9. The number of benzene rings is 1. The molecule has 0 aliphatic rings. The van der Waals surface area contributed by atoms with E-state index in [9.17, 15) is 39.6 Å². The van der Waals surface area contributed by atoms with Crippen molar-refractivity contribution in [3.05, 3.63) is 35.4 Å². The fourth-order valence-electron chi connectivity index (χ4n) is 10.4. The molecule has 4 atom stereocenters. The number of aliphatic hydroxyl groups is 4. The van der Waals surface area contributed by atoms with Gasteiger partial charge in [-0.3, -0.25) is 9.80 Å². The molecule has 0 radical (unpaired) electrons. The van der Waals surface area contributed by atoms with Crippen LogP contribution in [0.15, 0.2) is 24.3 Å². The van der Waals surface area contributed by atoms with Crippen molar-refractivity contribution < 1.29 is 58.6 Å². The second kappa shape index (κ2) is 55.7. The van der Waals surface area contributed by atoms with Gasteiger partial charge in [-0.15, -0.1) is 0 Å². The molecule has 0 spiro atoms. The fraction of sp³-hybridized carbons (Fsp3) is 0.853. The van der Waals surface area contributed by atoms with Gasteiger partial charge in [0.1, 0.15) is 0 Å². The lowest BCUT2D eigenvalue weighted by Gasteiger charge is -2.27. The lowest BCUT2D eigenvalue weighted by Crippen LogP contribution is -2.43. The number of carbonyl (C=O) groups is 4. The molecule has 0 heterocycles. The Balaban J connectivity index is 3.01. The number of ether oxygens (including phenoxy) is 4. The van der Waals surface area contributed by atoms with E-state index >= 15 is 0 Å². The van der Waals surface area contributed by atoms with Gasteiger partial charge in [0.2, 0.25) is 0 Å². The van der Waals surface area contributed by atoms with E-state index < -0.39 is 48.3 Å². The van der Waals surface area contributed by atoms with Crippen molar-refractivity contribution in [3.8, 4) is 0 Å². The van der Waals surface area contributed by atoms with Crippen LogP contribution in [-0.4, -0.2) is 131 Å². The molecule has 4 N–H and O–H groups in total. The van der Waals surface area contributed by atoms with Crippen LogP contribution in [0.5, 0.6) is 0 Å². The highest BCUT2D eigenvalue weighted by Crippen LogP contribution is 2.17. The Morgan fingerprint density at radius 1 is 0.293 bits per heavy atom. The Bertz CT molecular complexity index is 1420.